The number of anilines is 1. The molecule has 0 radical (unpaired) electrons. The van der Waals surface area contributed by atoms with Gasteiger partial charge in [0.2, 0.25) is 5.91 Å². The Labute approximate surface area is 173 Å². The fraction of sp³-hybridized carbons (Fsp3) is 0.182. The topological polar surface area (TPSA) is 37.6 Å². The molecule has 4 rings (SSSR count). The Hall–Kier alpha value is -2.63. The largest absolute Gasteiger partial charge is 0.312 e. The summed E-state index contributed by atoms with van der Waals surface area (Å²) in [7, 11) is 0. The first-order valence-electron chi connectivity index (χ1n) is 9.14. The molecule has 0 spiro atoms. The lowest BCUT2D eigenvalue weighted by molar-refractivity contribution is -0.118. The third-order valence-electron chi connectivity index (χ3n) is 4.78. The highest BCUT2D eigenvalue weighted by Crippen LogP contribution is 2.26. The lowest BCUT2D eigenvalue weighted by Crippen LogP contribution is -2.32. The number of carbonyl (C=O) groups is 1. The van der Waals surface area contributed by atoms with E-state index in [0.717, 1.165) is 33.2 Å². The van der Waals surface area contributed by atoms with Crippen molar-refractivity contribution in [2.24, 2.45) is 0 Å². The van der Waals surface area contributed by atoms with E-state index in [1.807, 2.05) is 83.3 Å². The molecule has 0 N–H and O–H groups in total. The van der Waals surface area contributed by atoms with Crippen molar-refractivity contribution < 1.29 is 4.79 Å². The Morgan fingerprint density at radius 1 is 1.18 bits per heavy atom. The predicted molar refractivity (Wildman–Crippen MR) is 116 cm³/mol. The summed E-state index contributed by atoms with van der Waals surface area (Å²) >= 11 is 7.53. The number of halogens is 1. The first-order valence-corrected chi connectivity index (χ1v) is 10.4. The second kappa shape index (κ2) is 7.78. The van der Waals surface area contributed by atoms with E-state index in [1.165, 1.54) is 0 Å². The molecule has 4 aromatic rings. The van der Waals surface area contributed by atoms with Crippen molar-refractivity contribution in [1.29, 1.82) is 0 Å². The molecule has 6 heteroatoms. The Balaban J connectivity index is 1.61. The van der Waals surface area contributed by atoms with Gasteiger partial charge in [0.25, 0.3) is 0 Å². The zero-order valence-electron chi connectivity index (χ0n) is 15.7. The fourth-order valence-corrected chi connectivity index (χ4v) is 4.31. The van der Waals surface area contributed by atoms with Crippen LogP contribution in [0.15, 0.2) is 60.1 Å². The maximum atomic E-state index is 13.0. The molecule has 0 aliphatic carbocycles. The number of amides is 1. The Bertz CT molecular complexity index is 1130. The number of fused-ring (bicyclic) bond motifs is 1. The molecule has 28 heavy (non-hydrogen) atoms. The quantitative estimate of drug-likeness (QED) is 0.429. The van der Waals surface area contributed by atoms with Crippen molar-refractivity contribution in [2.45, 2.75) is 20.3 Å². The molecule has 0 saturated heterocycles. The third kappa shape index (κ3) is 3.55. The number of aryl methyl sites for hydroxylation is 1. The minimum Gasteiger partial charge on any atom is -0.312 e. The molecule has 0 fully saturated rings. The van der Waals surface area contributed by atoms with Crippen molar-refractivity contribution in [3.05, 3.63) is 76.4 Å². The van der Waals surface area contributed by atoms with Crippen LogP contribution >= 0.6 is 22.9 Å². The number of thiazole rings is 1. The lowest BCUT2D eigenvalue weighted by Gasteiger charge is -2.22. The molecule has 1 amide bonds. The van der Waals surface area contributed by atoms with Crippen LogP contribution in [0.1, 0.15) is 18.2 Å². The van der Waals surface area contributed by atoms with Gasteiger partial charge in [-0.1, -0.05) is 41.9 Å². The van der Waals surface area contributed by atoms with E-state index in [0.29, 0.717) is 18.0 Å². The fourth-order valence-electron chi connectivity index (χ4n) is 3.31. The summed E-state index contributed by atoms with van der Waals surface area (Å²) in [6, 6.07) is 15.6. The summed E-state index contributed by atoms with van der Waals surface area (Å²) in [4.78, 5) is 20.5. The van der Waals surface area contributed by atoms with Crippen molar-refractivity contribution in [2.75, 3.05) is 11.4 Å². The van der Waals surface area contributed by atoms with Gasteiger partial charge in [0, 0.05) is 40.1 Å². The van der Waals surface area contributed by atoms with E-state index in [2.05, 4.69) is 0 Å². The molecule has 0 unspecified atom stereocenters. The van der Waals surface area contributed by atoms with Crippen LogP contribution in [0, 0.1) is 6.92 Å². The highest BCUT2D eigenvalue weighted by Gasteiger charge is 2.19. The number of aromatic nitrogens is 2. The van der Waals surface area contributed by atoms with E-state index < -0.39 is 0 Å². The molecule has 2 heterocycles. The van der Waals surface area contributed by atoms with Crippen molar-refractivity contribution in [1.82, 2.24) is 9.38 Å². The Morgan fingerprint density at radius 3 is 2.64 bits per heavy atom. The number of likely N-dealkylation sites (N-methyl/N-ethyl adjacent to an activating group) is 1. The summed E-state index contributed by atoms with van der Waals surface area (Å²) in [5.41, 5.74) is 4.90. The minimum atomic E-state index is 0.0817. The van der Waals surface area contributed by atoms with Gasteiger partial charge >= 0.3 is 0 Å². The van der Waals surface area contributed by atoms with Gasteiger partial charge in [-0.15, -0.1) is 11.3 Å². The maximum absolute atomic E-state index is 13.0. The molecular weight excluding hydrogens is 390 g/mol. The van der Waals surface area contributed by atoms with Crippen LogP contribution in [0.3, 0.4) is 0 Å². The first kappa shape index (κ1) is 18.7. The van der Waals surface area contributed by atoms with Crippen LogP contribution in [0.4, 0.5) is 5.69 Å². The smallest absolute Gasteiger partial charge is 0.232 e. The van der Waals surface area contributed by atoms with E-state index in [9.17, 15) is 4.79 Å². The molecule has 2 aromatic carbocycles. The number of hydrogen-bond donors (Lipinski definition) is 0. The van der Waals surface area contributed by atoms with Gasteiger partial charge in [-0.3, -0.25) is 9.20 Å². The summed E-state index contributed by atoms with van der Waals surface area (Å²) in [5.74, 6) is 0.0817. The van der Waals surface area contributed by atoms with Gasteiger partial charge in [0.15, 0.2) is 4.96 Å². The second-order valence-electron chi connectivity index (χ2n) is 6.61. The molecule has 0 aliphatic heterocycles. The van der Waals surface area contributed by atoms with Crippen LogP contribution < -0.4 is 4.90 Å². The van der Waals surface area contributed by atoms with Gasteiger partial charge in [0.05, 0.1) is 12.1 Å². The van der Waals surface area contributed by atoms with E-state index in [-0.39, 0.29) is 5.91 Å². The van der Waals surface area contributed by atoms with E-state index in [1.54, 1.807) is 11.3 Å². The summed E-state index contributed by atoms with van der Waals surface area (Å²) in [6.07, 6.45) is 2.32. The number of imidazole rings is 1. The van der Waals surface area contributed by atoms with Crippen LogP contribution in [0.25, 0.3) is 16.2 Å². The predicted octanol–water partition coefficient (Wildman–Crippen LogP) is 5.62. The minimum absolute atomic E-state index is 0.0817. The van der Waals surface area contributed by atoms with Gasteiger partial charge in [0.1, 0.15) is 0 Å². The highest BCUT2D eigenvalue weighted by atomic mass is 35.5. The average molecular weight is 410 g/mol. The molecular formula is C22H20ClN3OS. The number of para-hydroxylation sites is 1. The Morgan fingerprint density at radius 2 is 1.93 bits per heavy atom. The molecule has 2 aromatic heterocycles. The first-order chi connectivity index (χ1) is 13.6. The average Bonchev–Trinajstić information content (AvgIpc) is 3.26. The highest BCUT2D eigenvalue weighted by molar-refractivity contribution is 7.15. The van der Waals surface area contributed by atoms with Crippen molar-refractivity contribution >= 4 is 39.5 Å². The molecule has 0 atom stereocenters. The van der Waals surface area contributed by atoms with Gasteiger partial charge < -0.3 is 4.90 Å². The van der Waals surface area contributed by atoms with Crippen molar-refractivity contribution in [3.8, 4) is 11.3 Å². The molecule has 0 saturated carbocycles. The van der Waals surface area contributed by atoms with E-state index in [4.69, 9.17) is 16.6 Å². The van der Waals surface area contributed by atoms with Crippen LogP contribution in [-0.2, 0) is 11.2 Å². The number of nitrogens with zero attached hydrogens (tertiary/aromatic N) is 3. The third-order valence-corrected chi connectivity index (χ3v) is 5.92. The zero-order valence-corrected chi connectivity index (χ0v) is 17.3. The van der Waals surface area contributed by atoms with Crippen LogP contribution in [0.5, 0.6) is 0 Å². The SMILES string of the molecule is CCN(C(=O)Cc1csc2nc(-c3ccc(Cl)cc3)cn12)c1ccccc1C. The lowest BCUT2D eigenvalue weighted by atomic mass is 10.1. The summed E-state index contributed by atoms with van der Waals surface area (Å²) in [5, 5.41) is 2.71. The number of rotatable bonds is 5. The van der Waals surface area contributed by atoms with Gasteiger partial charge in [-0.2, -0.15) is 0 Å². The summed E-state index contributed by atoms with van der Waals surface area (Å²) in [6.45, 7) is 4.67. The normalized spacial score (nSPS) is 11.1. The Kier molecular flexibility index (Phi) is 5.20. The van der Waals surface area contributed by atoms with Crippen LogP contribution in [0.2, 0.25) is 5.02 Å². The van der Waals surface area contributed by atoms with Gasteiger partial charge in [-0.25, -0.2) is 4.98 Å². The maximum Gasteiger partial charge on any atom is 0.232 e. The molecule has 0 aliphatic rings. The zero-order chi connectivity index (χ0) is 19.7. The van der Waals surface area contributed by atoms with Gasteiger partial charge in [-0.05, 0) is 37.6 Å². The van der Waals surface area contributed by atoms with E-state index >= 15 is 0 Å². The number of benzene rings is 2. The number of hydrogen-bond acceptors (Lipinski definition) is 3. The van der Waals surface area contributed by atoms with Crippen LogP contribution in [-0.4, -0.2) is 21.8 Å². The molecule has 4 nitrogen and oxygen atoms in total. The summed E-state index contributed by atoms with van der Waals surface area (Å²) < 4.78 is 2.01. The number of carbonyl (C=O) groups excluding carboxylic acids is 1. The second-order valence-corrected chi connectivity index (χ2v) is 7.89. The molecule has 0 bridgehead atoms. The van der Waals surface area contributed by atoms with Crippen molar-refractivity contribution in [3.63, 3.8) is 0 Å². The standard InChI is InChI=1S/C22H20ClN3OS/c1-3-25(20-7-5-4-6-15(20)2)21(27)12-18-14-28-22-24-19(13-26(18)22)16-8-10-17(23)11-9-16/h4-11,13-14H,3,12H2,1-2H3. The monoisotopic (exact) mass is 409 g/mol. The molecule has 142 valence electrons.